The first kappa shape index (κ1) is 11.8. The van der Waals surface area contributed by atoms with Crippen molar-refractivity contribution in [1.82, 2.24) is 5.32 Å². The van der Waals surface area contributed by atoms with E-state index >= 15 is 0 Å². The fraction of sp³-hybridized carbons (Fsp3) is 0.455. The van der Waals surface area contributed by atoms with E-state index in [2.05, 4.69) is 5.32 Å². The number of hydrogen-bond donors (Lipinski definition) is 1. The summed E-state index contributed by atoms with van der Waals surface area (Å²) in [5, 5.41) is 2.97. The molecule has 84 valence electrons. The molecule has 0 aliphatic heterocycles. The molecule has 1 N–H and O–H groups in total. The molecule has 0 fully saturated rings. The number of rotatable bonds is 5. The van der Waals surface area contributed by atoms with Gasteiger partial charge in [-0.1, -0.05) is 0 Å². The van der Waals surface area contributed by atoms with Gasteiger partial charge in [0, 0.05) is 6.07 Å². The van der Waals surface area contributed by atoms with E-state index in [4.69, 9.17) is 9.47 Å². The van der Waals surface area contributed by atoms with Gasteiger partial charge in [-0.25, -0.2) is 4.39 Å². The summed E-state index contributed by atoms with van der Waals surface area (Å²) in [5.74, 6) is 0.522. The SMILES string of the molecule is CNCCc1cc(OC)cc(OC)c1F. The first-order valence-electron chi connectivity index (χ1n) is 4.78. The Bertz CT molecular complexity index is 329. The molecule has 0 unspecified atom stereocenters. The maximum atomic E-state index is 13.7. The third-order valence-electron chi connectivity index (χ3n) is 2.19. The summed E-state index contributed by atoms with van der Waals surface area (Å²) in [6, 6.07) is 3.23. The van der Waals surface area contributed by atoms with Crippen LogP contribution in [0, 0.1) is 5.82 Å². The molecule has 0 aliphatic carbocycles. The Morgan fingerprint density at radius 2 is 2.00 bits per heavy atom. The van der Waals surface area contributed by atoms with Crippen molar-refractivity contribution in [3.63, 3.8) is 0 Å². The second-order valence-corrected chi connectivity index (χ2v) is 3.16. The lowest BCUT2D eigenvalue weighted by Crippen LogP contribution is -2.11. The number of nitrogens with one attached hydrogen (secondary N) is 1. The standard InChI is InChI=1S/C11H16FNO2/c1-13-5-4-8-6-9(14-2)7-10(15-3)11(8)12/h6-7,13H,4-5H2,1-3H3. The van der Waals surface area contributed by atoms with Crippen molar-refractivity contribution in [1.29, 1.82) is 0 Å². The minimum absolute atomic E-state index is 0.223. The van der Waals surface area contributed by atoms with E-state index in [1.807, 2.05) is 7.05 Å². The van der Waals surface area contributed by atoms with Gasteiger partial charge >= 0.3 is 0 Å². The van der Waals surface area contributed by atoms with Crippen molar-refractivity contribution in [3.8, 4) is 11.5 Å². The van der Waals surface area contributed by atoms with Crippen LogP contribution in [0.2, 0.25) is 0 Å². The summed E-state index contributed by atoms with van der Waals surface area (Å²) in [7, 11) is 4.82. The fourth-order valence-corrected chi connectivity index (χ4v) is 1.34. The fourth-order valence-electron chi connectivity index (χ4n) is 1.34. The predicted octanol–water partition coefficient (Wildman–Crippen LogP) is 1.60. The monoisotopic (exact) mass is 213 g/mol. The normalized spacial score (nSPS) is 10.1. The molecule has 0 amide bonds. The summed E-state index contributed by atoms with van der Waals surface area (Å²) in [6.45, 7) is 0.716. The van der Waals surface area contributed by atoms with Gasteiger partial charge in [0.15, 0.2) is 11.6 Å². The Kier molecular flexibility index (Phi) is 4.37. The average molecular weight is 213 g/mol. The van der Waals surface area contributed by atoms with Crippen LogP contribution >= 0.6 is 0 Å². The zero-order valence-corrected chi connectivity index (χ0v) is 9.26. The lowest BCUT2D eigenvalue weighted by Gasteiger charge is -2.10. The van der Waals surface area contributed by atoms with Gasteiger partial charge in [0.05, 0.1) is 14.2 Å². The second kappa shape index (κ2) is 5.56. The first-order valence-corrected chi connectivity index (χ1v) is 4.78. The molecule has 0 aromatic heterocycles. The van der Waals surface area contributed by atoms with Crippen LogP contribution in [0.4, 0.5) is 4.39 Å². The Balaban J connectivity index is 3.01. The van der Waals surface area contributed by atoms with Crippen molar-refractivity contribution < 1.29 is 13.9 Å². The summed E-state index contributed by atoms with van der Waals surface area (Å²) in [4.78, 5) is 0. The highest BCUT2D eigenvalue weighted by atomic mass is 19.1. The highest BCUT2D eigenvalue weighted by molar-refractivity contribution is 5.40. The van der Waals surface area contributed by atoms with E-state index in [0.29, 0.717) is 24.3 Å². The summed E-state index contributed by atoms with van der Waals surface area (Å²) >= 11 is 0. The number of ether oxygens (including phenoxy) is 2. The molecule has 0 heterocycles. The molecule has 15 heavy (non-hydrogen) atoms. The highest BCUT2D eigenvalue weighted by Crippen LogP contribution is 2.27. The predicted molar refractivity (Wildman–Crippen MR) is 57.1 cm³/mol. The zero-order valence-electron chi connectivity index (χ0n) is 9.26. The van der Waals surface area contributed by atoms with Crippen molar-refractivity contribution in [3.05, 3.63) is 23.5 Å². The first-order chi connectivity index (χ1) is 7.22. The molecule has 4 heteroatoms. The maximum Gasteiger partial charge on any atom is 0.168 e. The van der Waals surface area contributed by atoms with Gasteiger partial charge in [0.1, 0.15) is 5.75 Å². The van der Waals surface area contributed by atoms with Crippen LogP contribution in [0.5, 0.6) is 11.5 Å². The van der Waals surface area contributed by atoms with Crippen molar-refractivity contribution in [2.24, 2.45) is 0 Å². The van der Waals surface area contributed by atoms with Gasteiger partial charge in [0.2, 0.25) is 0 Å². The number of likely N-dealkylation sites (N-methyl/N-ethyl adjacent to an activating group) is 1. The minimum atomic E-state index is -0.312. The molecule has 1 aromatic carbocycles. The largest absolute Gasteiger partial charge is 0.497 e. The highest BCUT2D eigenvalue weighted by Gasteiger charge is 2.11. The molecule has 0 aliphatic rings. The minimum Gasteiger partial charge on any atom is -0.497 e. The van der Waals surface area contributed by atoms with Crippen LogP contribution in [0.3, 0.4) is 0 Å². The summed E-state index contributed by atoms with van der Waals surface area (Å²) in [5.41, 5.74) is 0.598. The molecular weight excluding hydrogens is 197 g/mol. The van der Waals surface area contributed by atoms with E-state index in [9.17, 15) is 4.39 Å². The average Bonchev–Trinajstić information content (AvgIpc) is 2.27. The van der Waals surface area contributed by atoms with E-state index in [0.717, 1.165) is 0 Å². The van der Waals surface area contributed by atoms with Crippen LogP contribution < -0.4 is 14.8 Å². The van der Waals surface area contributed by atoms with Crippen LogP contribution in [0.25, 0.3) is 0 Å². The van der Waals surface area contributed by atoms with E-state index in [-0.39, 0.29) is 11.6 Å². The molecule has 3 nitrogen and oxygen atoms in total. The Hall–Kier alpha value is -1.29. The van der Waals surface area contributed by atoms with Crippen LogP contribution in [0.15, 0.2) is 12.1 Å². The molecule has 0 radical (unpaired) electrons. The summed E-state index contributed by atoms with van der Waals surface area (Å²) in [6.07, 6.45) is 0.607. The number of hydrogen-bond acceptors (Lipinski definition) is 3. The van der Waals surface area contributed by atoms with E-state index < -0.39 is 0 Å². The summed E-state index contributed by atoms with van der Waals surface area (Å²) < 4.78 is 23.7. The lowest BCUT2D eigenvalue weighted by atomic mass is 10.1. The van der Waals surface area contributed by atoms with Gasteiger partial charge in [-0.3, -0.25) is 0 Å². The van der Waals surface area contributed by atoms with E-state index in [1.54, 1.807) is 13.2 Å². The number of halogens is 1. The third kappa shape index (κ3) is 2.83. The smallest absolute Gasteiger partial charge is 0.168 e. The maximum absolute atomic E-state index is 13.7. The van der Waals surface area contributed by atoms with Gasteiger partial charge < -0.3 is 14.8 Å². The molecule has 0 saturated carbocycles. The van der Waals surface area contributed by atoms with Crippen molar-refractivity contribution in [2.75, 3.05) is 27.8 Å². The topological polar surface area (TPSA) is 30.5 Å². The van der Waals surface area contributed by atoms with Gasteiger partial charge in [-0.15, -0.1) is 0 Å². The van der Waals surface area contributed by atoms with Crippen molar-refractivity contribution >= 4 is 0 Å². The van der Waals surface area contributed by atoms with Crippen molar-refractivity contribution in [2.45, 2.75) is 6.42 Å². The van der Waals surface area contributed by atoms with E-state index in [1.165, 1.54) is 13.2 Å². The quantitative estimate of drug-likeness (QED) is 0.806. The number of benzene rings is 1. The van der Waals surface area contributed by atoms with Gasteiger partial charge in [-0.05, 0) is 31.6 Å². The Morgan fingerprint density at radius 3 is 2.53 bits per heavy atom. The van der Waals surface area contributed by atoms with Gasteiger partial charge in [-0.2, -0.15) is 0 Å². The molecule has 0 bridgehead atoms. The molecule has 0 saturated heterocycles. The van der Waals surface area contributed by atoms with Crippen LogP contribution in [-0.2, 0) is 6.42 Å². The molecule has 0 atom stereocenters. The Morgan fingerprint density at radius 1 is 1.27 bits per heavy atom. The zero-order chi connectivity index (χ0) is 11.3. The van der Waals surface area contributed by atoms with Crippen LogP contribution in [0.1, 0.15) is 5.56 Å². The lowest BCUT2D eigenvalue weighted by molar-refractivity contribution is 0.371. The Labute approximate surface area is 89.2 Å². The molecule has 1 aromatic rings. The molecule has 1 rings (SSSR count). The second-order valence-electron chi connectivity index (χ2n) is 3.16. The number of methoxy groups -OCH3 is 2. The molecule has 0 spiro atoms. The molecular formula is C11H16FNO2. The van der Waals surface area contributed by atoms with Crippen LogP contribution in [-0.4, -0.2) is 27.8 Å². The third-order valence-corrected chi connectivity index (χ3v) is 2.19. The van der Waals surface area contributed by atoms with Gasteiger partial charge in [0.25, 0.3) is 0 Å².